The number of aromatic nitrogens is 5. The van der Waals surface area contributed by atoms with Gasteiger partial charge in [0.2, 0.25) is 11.8 Å². The quantitative estimate of drug-likeness (QED) is 0.406. The number of nitrogens with one attached hydrogen (secondary N) is 1. The van der Waals surface area contributed by atoms with E-state index in [2.05, 4.69) is 28.5 Å². The fraction of sp³-hybridized carbons (Fsp3) is 0.636. The molecule has 2 aliphatic rings. The fourth-order valence-electron chi connectivity index (χ4n) is 4.84. The Morgan fingerprint density at radius 2 is 2.06 bits per heavy atom. The molecule has 0 bridgehead atoms. The van der Waals surface area contributed by atoms with E-state index >= 15 is 0 Å². The number of fused-ring (bicyclic) bond motifs is 2. The summed E-state index contributed by atoms with van der Waals surface area (Å²) in [5, 5.41) is 30.7. The third kappa shape index (κ3) is 4.99. The fourth-order valence-corrected chi connectivity index (χ4v) is 5.96. The molecular formula is C22H28F3N7O3S. The number of halogens is 3. The molecule has 196 valence electrons. The molecule has 3 aromatic heterocycles. The van der Waals surface area contributed by atoms with Crippen LogP contribution in [0, 0.1) is 0 Å². The summed E-state index contributed by atoms with van der Waals surface area (Å²) < 4.78 is 46.5. The number of hydrogen-bond donors (Lipinski definition) is 3. The highest BCUT2D eigenvalue weighted by Gasteiger charge is 2.40. The minimum atomic E-state index is -4.56. The Hall–Kier alpha value is -2.55. The molecule has 10 nitrogen and oxygen atoms in total. The molecule has 4 heterocycles. The molecule has 0 amide bonds. The number of thiophene rings is 1. The van der Waals surface area contributed by atoms with E-state index < -0.39 is 18.1 Å². The van der Waals surface area contributed by atoms with Crippen molar-refractivity contribution >= 4 is 33.3 Å². The number of aliphatic hydroxyl groups excluding tert-OH is 2. The van der Waals surface area contributed by atoms with Crippen LogP contribution in [0.5, 0.6) is 0 Å². The Morgan fingerprint density at radius 3 is 2.81 bits per heavy atom. The summed E-state index contributed by atoms with van der Waals surface area (Å²) >= 11 is 1.58. The van der Waals surface area contributed by atoms with Gasteiger partial charge in [0, 0.05) is 24.0 Å². The van der Waals surface area contributed by atoms with Crippen LogP contribution in [0.2, 0.25) is 0 Å². The van der Waals surface area contributed by atoms with Crippen LogP contribution in [-0.4, -0.2) is 73.0 Å². The average molecular weight is 528 g/mol. The summed E-state index contributed by atoms with van der Waals surface area (Å²) in [7, 11) is 0. The predicted octanol–water partition coefficient (Wildman–Crippen LogP) is 2.59. The number of anilines is 2. The summed E-state index contributed by atoms with van der Waals surface area (Å²) in [5.74, 6) is 0.286. The normalized spacial score (nSPS) is 22.4. The van der Waals surface area contributed by atoms with Gasteiger partial charge in [-0.2, -0.15) is 18.2 Å². The number of aliphatic hydroxyl groups is 2. The second kappa shape index (κ2) is 10.1. The minimum absolute atomic E-state index is 0.0933. The lowest BCUT2D eigenvalue weighted by molar-refractivity contribution is -0.147. The SMILES string of the molecule is CCCc1cc2c(N3CCn4c(nnc4C(F)(F)F)C3)nc(N[C@@H]3C[C@H](OCCO)[C@@H](O)C3)nc2s1. The lowest BCUT2D eigenvalue weighted by Gasteiger charge is -2.29. The van der Waals surface area contributed by atoms with Crippen molar-refractivity contribution < 1.29 is 28.1 Å². The van der Waals surface area contributed by atoms with Gasteiger partial charge in [0.1, 0.15) is 10.6 Å². The van der Waals surface area contributed by atoms with Gasteiger partial charge in [0.15, 0.2) is 5.82 Å². The zero-order valence-electron chi connectivity index (χ0n) is 19.7. The first-order valence-electron chi connectivity index (χ1n) is 12.0. The van der Waals surface area contributed by atoms with E-state index in [1.165, 1.54) is 0 Å². The maximum Gasteiger partial charge on any atom is 0.451 e. The van der Waals surface area contributed by atoms with Crippen LogP contribution in [0.4, 0.5) is 24.9 Å². The summed E-state index contributed by atoms with van der Waals surface area (Å²) in [5.41, 5.74) is 0. The van der Waals surface area contributed by atoms with Crippen molar-refractivity contribution in [1.82, 2.24) is 24.7 Å². The van der Waals surface area contributed by atoms with Crippen molar-refractivity contribution in [3.05, 3.63) is 22.6 Å². The number of alkyl halides is 3. The number of rotatable bonds is 8. The second-order valence-corrected chi connectivity index (χ2v) is 10.2. The first-order valence-corrected chi connectivity index (χ1v) is 12.8. The van der Waals surface area contributed by atoms with Gasteiger partial charge in [-0.25, -0.2) is 4.98 Å². The number of hydrogen-bond acceptors (Lipinski definition) is 10. The van der Waals surface area contributed by atoms with Gasteiger partial charge in [-0.05, 0) is 25.3 Å². The summed E-state index contributed by atoms with van der Waals surface area (Å²) in [4.78, 5) is 13.4. The Morgan fingerprint density at radius 1 is 1.22 bits per heavy atom. The molecule has 5 rings (SSSR count). The number of ether oxygens (including phenoxy) is 1. The van der Waals surface area contributed by atoms with Crippen molar-refractivity contribution in [2.75, 3.05) is 30.0 Å². The molecule has 1 aliphatic carbocycles. The molecule has 0 unspecified atom stereocenters. The molecule has 0 spiro atoms. The zero-order valence-corrected chi connectivity index (χ0v) is 20.5. The lowest BCUT2D eigenvalue weighted by Crippen LogP contribution is -2.36. The maximum absolute atomic E-state index is 13.3. The van der Waals surface area contributed by atoms with E-state index in [4.69, 9.17) is 19.8 Å². The molecular weight excluding hydrogens is 499 g/mol. The summed E-state index contributed by atoms with van der Waals surface area (Å²) in [6, 6.07) is 1.93. The third-order valence-corrected chi connectivity index (χ3v) is 7.54. The van der Waals surface area contributed by atoms with Crippen LogP contribution >= 0.6 is 11.3 Å². The van der Waals surface area contributed by atoms with Gasteiger partial charge in [-0.3, -0.25) is 0 Å². The highest BCUT2D eigenvalue weighted by atomic mass is 32.1. The van der Waals surface area contributed by atoms with Crippen LogP contribution in [-0.2, 0) is 30.4 Å². The molecule has 1 fully saturated rings. The third-order valence-electron chi connectivity index (χ3n) is 6.45. The van der Waals surface area contributed by atoms with Gasteiger partial charge >= 0.3 is 6.18 Å². The average Bonchev–Trinajstić information content (AvgIpc) is 3.53. The summed E-state index contributed by atoms with van der Waals surface area (Å²) in [6.45, 7) is 2.70. The monoisotopic (exact) mass is 527 g/mol. The number of nitrogens with zero attached hydrogens (tertiary/aromatic N) is 6. The topological polar surface area (TPSA) is 121 Å². The van der Waals surface area contributed by atoms with Gasteiger partial charge < -0.3 is 29.7 Å². The van der Waals surface area contributed by atoms with Gasteiger partial charge in [0.05, 0.1) is 37.4 Å². The Labute approximate surface area is 209 Å². The van der Waals surface area contributed by atoms with Crippen molar-refractivity contribution in [3.63, 3.8) is 0 Å². The van der Waals surface area contributed by atoms with Crippen LogP contribution < -0.4 is 10.2 Å². The molecule has 36 heavy (non-hydrogen) atoms. The molecule has 3 aromatic rings. The molecule has 0 saturated heterocycles. The van der Waals surface area contributed by atoms with Crippen LogP contribution in [0.3, 0.4) is 0 Å². The minimum Gasteiger partial charge on any atom is -0.394 e. The van der Waals surface area contributed by atoms with Crippen LogP contribution in [0.25, 0.3) is 10.2 Å². The molecule has 14 heteroatoms. The van der Waals surface area contributed by atoms with Gasteiger partial charge in [-0.1, -0.05) is 13.3 Å². The summed E-state index contributed by atoms with van der Waals surface area (Å²) in [6.07, 6.45) is -2.74. The molecule has 1 aliphatic heterocycles. The van der Waals surface area contributed by atoms with Crippen molar-refractivity contribution in [1.29, 1.82) is 0 Å². The van der Waals surface area contributed by atoms with E-state index in [0.717, 1.165) is 32.5 Å². The van der Waals surface area contributed by atoms with Crippen molar-refractivity contribution in [3.8, 4) is 0 Å². The van der Waals surface area contributed by atoms with Crippen LogP contribution in [0.1, 0.15) is 42.7 Å². The largest absolute Gasteiger partial charge is 0.451 e. The maximum atomic E-state index is 13.3. The molecule has 1 saturated carbocycles. The van der Waals surface area contributed by atoms with E-state index in [9.17, 15) is 18.3 Å². The standard InChI is InChI=1S/C22H28F3N7O3S/c1-2-3-13-10-14-18(31-4-5-32-17(11-31)29-30-20(32)22(23,24)25)27-21(28-19(14)36-13)26-12-8-15(34)16(9-12)35-7-6-33/h10,12,15-16,33-34H,2-9,11H2,1H3,(H,26,27,28)/t12-,15-,16-/m0/s1. The van der Waals surface area contributed by atoms with Crippen molar-refractivity contribution in [2.24, 2.45) is 0 Å². The lowest BCUT2D eigenvalue weighted by atomic mass is 10.2. The Kier molecular flexibility index (Phi) is 7.03. The molecule has 3 N–H and O–H groups in total. The van der Waals surface area contributed by atoms with E-state index in [-0.39, 0.29) is 44.3 Å². The van der Waals surface area contributed by atoms with Crippen LogP contribution in [0.15, 0.2) is 6.07 Å². The Bertz CT molecular complexity index is 1220. The highest BCUT2D eigenvalue weighted by Crippen LogP contribution is 2.36. The molecule has 0 radical (unpaired) electrons. The first-order chi connectivity index (χ1) is 17.3. The second-order valence-electron chi connectivity index (χ2n) is 9.08. The van der Waals surface area contributed by atoms with E-state index in [0.29, 0.717) is 31.2 Å². The van der Waals surface area contributed by atoms with Gasteiger partial charge in [-0.15, -0.1) is 21.5 Å². The highest BCUT2D eigenvalue weighted by molar-refractivity contribution is 7.18. The predicted molar refractivity (Wildman–Crippen MR) is 127 cm³/mol. The van der Waals surface area contributed by atoms with E-state index in [1.807, 2.05) is 4.90 Å². The van der Waals surface area contributed by atoms with Crippen molar-refractivity contribution in [2.45, 2.75) is 70.1 Å². The number of aryl methyl sites for hydroxylation is 1. The van der Waals surface area contributed by atoms with E-state index in [1.54, 1.807) is 11.3 Å². The Balaban J connectivity index is 1.43. The molecule has 3 atom stereocenters. The van der Waals surface area contributed by atoms with Gasteiger partial charge in [0.25, 0.3) is 0 Å². The first kappa shape index (κ1) is 25.1. The smallest absolute Gasteiger partial charge is 0.394 e. The molecule has 0 aromatic carbocycles. The zero-order chi connectivity index (χ0) is 25.4.